The Kier molecular flexibility index (Phi) is 4.69. The second-order valence-corrected chi connectivity index (χ2v) is 7.07. The van der Waals surface area contributed by atoms with E-state index in [1.165, 1.54) is 19.3 Å². The first kappa shape index (κ1) is 16.8. The fourth-order valence-corrected chi connectivity index (χ4v) is 4.04. The fraction of sp³-hybridized carbons (Fsp3) is 0.381. The highest BCUT2D eigenvalue weighted by Gasteiger charge is 2.40. The lowest BCUT2D eigenvalue weighted by Gasteiger charge is -2.27. The Hall–Kier alpha value is -2.69. The van der Waals surface area contributed by atoms with Crippen LogP contribution in [0, 0.1) is 0 Å². The largest absolute Gasteiger partial charge is 0.353 e. The molecule has 4 rings (SSSR count). The number of amides is 2. The number of benzene rings is 1. The summed E-state index contributed by atoms with van der Waals surface area (Å²) in [5.41, 5.74) is 2.08. The van der Waals surface area contributed by atoms with E-state index in [2.05, 4.69) is 10.3 Å². The van der Waals surface area contributed by atoms with Gasteiger partial charge in [0.1, 0.15) is 0 Å². The van der Waals surface area contributed by atoms with Crippen molar-refractivity contribution in [2.45, 2.75) is 50.6 Å². The van der Waals surface area contributed by atoms with Gasteiger partial charge in [-0.1, -0.05) is 37.5 Å². The van der Waals surface area contributed by atoms with Crippen molar-refractivity contribution in [1.29, 1.82) is 0 Å². The second-order valence-electron chi connectivity index (χ2n) is 7.07. The predicted octanol–water partition coefficient (Wildman–Crippen LogP) is 3.62. The van der Waals surface area contributed by atoms with Crippen molar-refractivity contribution in [3.8, 4) is 0 Å². The molecule has 2 heterocycles. The van der Waals surface area contributed by atoms with E-state index in [9.17, 15) is 9.59 Å². The van der Waals surface area contributed by atoms with E-state index in [4.69, 9.17) is 0 Å². The number of rotatable bonds is 4. The third-order valence-electron chi connectivity index (χ3n) is 5.30. The summed E-state index contributed by atoms with van der Waals surface area (Å²) in [6.07, 6.45) is 7.62. The molecule has 0 unspecified atom stereocenters. The van der Waals surface area contributed by atoms with Crippen molar-refractivity contribution in [3.05, 3.63) is 59.9 Å². The summed E-state index contributed by atoms with van der Waals surface area (Å²) in [7, 11) is 0. The Balaban J connectivity index is 1.58. The molecular weight excluding hydrogens is 326 g/mol. The third-order valence-corrected chi connectivity index (χ3v) is 5.30. The van der Waals surface area contributed by atoms with Gasteiger partial charge in [0.2, 0.25) is 5.91 Å². The first-order valence-corrected chi connectivity index (χ1v) is 9.37. The molecule has 1 aromatic heterocycles. The number of pyridine rings is 1. The molecule has 1 N–H and O–H groups in total. The summed E-state index contributed by atoms with van der Waals surface area (Å²) in [6.45, 7) is 0. The Morgan fingerprint density at radius 3 is 2.62 bits per heavy atom. The van der Waals surface area contributed by atoms with Gasteiger partial charge < -0.3 is 5.32 Å². The second kappa shape index (κ2) is 7.28. The van der Waals surface area contributed by atoms with Crippen LogP contribution in [-0.4, -0.2) is 22.8 Å². The number of anilines is 1. The number of nitrogens with zero attached hydrogens (tertiary/aromatic N) is 2. The molecule has 5 nitrogen and oxygen atoms in total. The van der Waals surface area contributed by atoms with E-state index < -0.39 is 0 Å². The minimum Gasteiger partial charge on any atom is -0.353 e. The lowest BCUT2D eigenvalue weighted by molar-refractivity contribution is -0.122. The van der Waals surface area contributed by atoms with Crippen molar-refractivity contribution < 1.29 is 9.59 Å². The van der Waals surface area contributed by atoms with Gasteiger partial charge in [0, 0.05) is 17.9 Å². The van der Waals surface area contributed by atoms with Crippen LogP contribution in [0.5, 0.6) is 0 Å². The smallest absolute Gasteiger partial charge is 0.260 e. The molecule has 5 heteroatoms. The Morgan fingerprint density at radius 1 is 1.08 bits per heavy atom. The maximum absolute atomic E-state index is 12.9. The third kappa shape index (κ3) is 3.21. The number of nitrogens with one attached hydrogen (secondary N) is 1. The Bertz CT molecular complexity index is 800. The zero-order valence-corrected chi connectivity index (χ0v) is 14.7. The molecule has 1 aliphatic carbocycles. The molecule has 0 saturated heterocycles. The number of carbonyl (C=O) groups excluding carboxylic acids is 2. The van der Waals surface area contributed by atoms with Gasteiger partial charge in [-0.2, -0.15) is 0 Å². The van der Waals surface area contributed by atoms with Crippen LogP contribution in [0.3, 0.4) is 0 Å². The highest BCUT2D eigenvalue weighted by molar-refractivity contribution is 6.11. The maximum atomic E-state index is 12.9. The molecular formula is C21H23N3O2. The summed E-state index contributed by atoms with van der Waals surface area (Å²) in [4.78, 5) is 31.7. The van der Waals surface area contributed by atoms with E-state index in [1.807, 2.05) is 30.3 Å². The van der Waals surface area contributed by atoms with Crippen LogP contribution in [0.25, 0.3) is 0 Å². The van der Waals surface area contributed by atoms with E-state index in [1.54, 1.807) is 23.2 Å². The van der Waals surface area contributed by atoms with Gasteiger partial charge in [-0.25, -0.2) is 0 Å². The SMILES string of the molecule is O=C(C[C@@H]1c2ncccc2C(=O)N1c1ccccc1)NC1CCCCC1. The summed E-state index contributed by atoms with van der Waals surface area (Å²) in [5.74, 6) is -0.0936. The van der Waals surface area contributed by atoms with Crippen LogP contribution in [-0.2, 0) is 4.79 Å². The number of hydrogen-bond donors (Lipinski definition) is 1. The van der Waals surface area contributed by atoms with Crippen LogP contribution in [0.4, 0.5) is 5.69 Å². The highest BCUT2D eigenvalue weighted by Crippen LogP contribution is 2.38. The molecule has 1 fully saturated rings. The predicted molar refractivity (Wildman–Crippen MR) is 99.9 cm³/mol. The minimum atomic E-state index is -0.357. The van der Waals surface area contributed by atoms with Crippen molar-refractivity contribution >= 4 is 17.5 Å². The average Bonchev–Trinajstić information content (AvgIpc) is 2.95. The lowest BCUT2D eigenvalue weighted by Crippen LogP contribution is -2.39. The van der Waals surface area contributed by atoms with Crippen LogP contribution in [0.2, 0.25) is 0 Å². The number of para-hydroxylation sites is 1. The molecule has 1 aliphatic heterocycles. The van der Waals surface area contributed by atoms with Crippen LogP contribution in [0.15, 0.2) is 48.7 Å². The number of hydrogen-bond acceptors (Lipinski definition) is 3. The van der Waals surface area contributed by atoms with Crippen molar-refractivity contribution in [3.63, 3.8) is 0 Å². The van der Waals surface area contributed by atoms with Gasteiger partial charge in [-0.3, -0.25) is 19.5 Å². The van der Waals surface area contributed by atoms with Crippen LogP contribution >= 0.6 is 0 Å². The van der Waals surface area contributed by atoms with E-state index in [0.29, 0.717) is 11.3 Å². The molecule has 134 valence electrons. The average molecular weight is 349 g/mol. The number of fused-ring (bicyclic) bond motifs is 1. The summed E-state index contributed by atoms with van der Waals surface area (Å²) in [6, 6.07) is 13.0. The first-order valence-electron chi connectivity index (χ1n) is 9.37. The molecule has 1 atom stereocenters. The zero-order valence-electron chi connectivity index (χ0n) is 14.7. The highest BCUT2D eigenvalue weighted by atomic mass is 16.2. The Morgan fingerprint density at radius 2 is 1.85 bits per heavy atom. The Labute approximate surface area is 153 Å². The lowest BCUT2D eigenvalue weighted by atomic mass is 9.95. The van der Waals surface area contributed by atoms with Gasteiger partial charge >= 0.3 is 0 Å². The van der Waals surface area contributed by atoms with Gasteiger partial charge in [0.25, 0.3) is 5.91 Å². The van der Waals surface area contributed by atoms with E-state index >= 15 is 0 Å². The molecule has 0 radical (unpaired) electrons. The summed E-state index contributed by atoms with van der Waals surface area (Å²) in [5, 5.41) is 3.16. The maximum Gasteiger partial charge on any atom is 0.260 e. The summed E-state index contributed by atoms with van der Waals surface area (Å²) < 4.78 is 0. The summed E-state index contributed by atoms with van der Waals surface area (Å²) >= 11 is 0. The van der Waals surface area contributed by atoms with E-state index in [-0.39, 0.29) is 30.3 Å². The molecule has 2 aromatic rings. The van der Waals surface area contributed by atoms with Crippen LogP contribution < -0.4 is 10.2 Å². The monoisotopic (exact) mass is 349 g/mol. The van der Waals surface area contributed by atoms with Crippen LogP contribution in [0.1, 0.15) is 60.6 Å². The van der Waals surface area contributed by atoms with Crippen molar-refractivity contribution in [2.75, 3.05) is 4.90 Å². The molecule has 1 aromatic carbocycles. The number of aromatic nitrogens is 1. The molecule has 0 spiro atoms. The standard InChI is InChI=1S/C21H23N3O2/c25-19(23-15-8-3-1-4-9-15)14-18-20-17(12-7-13-22-20)21(26)24(18)16-10-5-2-6-11-16/h2,5-7,10-13,15,18H,1,3-4,8-9,14H2,(H,23,25)/t18-/m1/s1. The van der Waals surface area contributed by atoms with Gasteiger partial charge in [0.15, 0.2) is 0 Å². The quantitative estimate of drug-likeness (QED) is 0.917. The zero-order chi connectivity index (χ0) is 17.9. The molecule has 2 amide bonds. The molecule has 0 bridgehead atoms. The number of carbonyl (C=O) groups is 2. The molecule has 2 aliphatic rings. The van der Waals surface area contributed by atoms with Crippen molar-refractivity contribution in [2.24, 2.45) is 0 Å². The topological polar surface area (TPSA) is 62.3 Å². The first-order chi connectivity index (χ1) is 12.7. The van der Waals surface area contributed by atoms with Gasteiger partial charge in [-0.15, -0.1) is 0 Å². The minimum absolute atomic E-state index is 0.00543. The molecule has 26 heavy (non-hydrogen) atoms. The molecule has 1 saturated carbocycles. The fourth-order valence-electron chi connectivity index (χ4n) is 4.04. The van der Waals surface area contributed by atoms with Gasteiger partial charge in [-0.05, 0) is 37.1 Å². The van der Waals surface area contributed by atoms with E-state index in [0.717, 1.165) is 18.5 Å². The normalized spacial score (nSPS) is 20.1. The van der Waals surface area contributed by atoms with Gasteiger partial charge in [0.05, 0.1) is 23.7 Å². The van der Waals surface area contributed by atoms with Crippen molar-refractivity contribution in [1.82, 2.24) is 10.3 Å².